The van der Waals surface area contributed by atoms with Crippen LogP contribution in [0.5, 0.6) is 0 Å². The number of aromatic carboxylic acids is 1. The van der Waals surface area contributed by atoms with Gasteiger partial charge in [-0.2, -0.15) is 5.10 Å². The predicted molar refractivity (Wildman–Crippen MR) is 132 cm³/mol. The fourth-order valence-electron chi connectivity index (χ4n) is 3.93. The predicted octanol–water partition coefficient (Wildman–Crippen LogP) is 3.30. The van der Waals surface area contributed by atoms with Crippen LogP contribution in [0.3, 0.4) is 0 Å². The van der Waals surface area contributed by atoms with Crippen molar-refractivity contribution in [2.75, 3.05) is 0 Å². The molecule has 0 saturated heterocycles. The van der Waals surface area contributed by atoms with Crippen molar-refractivity contribution in [1.82, 2.24) is 30.2 Å². The molecule has 0 aliphatic rings. The van der Waals surface area contributed by atoms with Gasteiger partial charge in [0.05, 0.1) is 17.8 Å². The van der Waals surface area contributed by atoms with Gasteiger partial charge in [0.15, 0.2) is 17.1 Å². The molecule has 37 heavy (non-hydrogen) atoms. The van der Waals surface area contributed by atoms with E-state index in [0.717, 1.165) is 11.1 Å². The summed E-state index contributed by atoms with van der Waals surface area (Å²) in [6.07, 6.45) is 1.49. The number of benzene rings is 2. The van der Waals surface area contributed by atoms with Crippen LogP contribution in [-0.4, -0.2) is 42.5 Å². The number of rotatable bonds is 7. The Kier molecular flexibility index (Phi) is 6.10. The summed E-state index contributed by atoms with van der Waals surface area (Å²) in [7, 11) is 0. The normalized spacial score (nSPS) is 11.9. The van der Waals surface area contributed by atoms with Gasteiger partial charge in [-0.1, -0.05) is 18.2 Å². The number of nitrogens with zero attached hydrogens (tertiary/aromatic N) is 4. The highest BCUT2D eigenvalue weighted by molar-refractivity contribution is 5.98. The zero-order chi connectivity index (χ0) is 26.1. The average molecular weight is 498 g/mol. The Morgan fingerprint density at radius 3 is 2.57 bits per heavy atom. The molecule has 3 N–H and O–H groups in total. The zero-order valence-electron chi connectivity index (χ0n) is 19.9. The average Bonchev–Trinajstić information content (AvgIpc) is 3.51. The summed E-state index contributed by atoms with van der Waals surface area (Å²) in [5.41, 5.74) is 3.62. The van der Waals surface area contributed by atoms with Crippen LogP contribution in [0.4, 0.5) is 0 Å². The number of oxazole rings is 1. The van der Waals surface area contributed by atoms with Gasteiger partial charge in [-0.25, -0.2) is 19.3 Å². The van der Waals surface area contributed by atoms with E-state index in [1.165, 1.54) is 28.9 Å². The Morgan fingerprint density at radius 1 is 1.03 bits per heavy atom. The second-order valence-electron chi connectivity index (χ2n) is 8.47. The van der Waals surface area contributed by atoms with Crippen LogP contribution in [0, 0.1) is 6.92 Å². The van der Waals surface area contributed by atoms with Crippen molar-refractivity contribution in [3.8, 4) is 0 Å². The van der Waals surface area contributed by atoms with Crippen LogP contribution in [0.25, 0.3) is 16.7 Å². The molecule has 0 aliphatic carbocycles. The molecule has 5 rings (SSSR count). The Labute approximate surface area is 210 Å². The van der Waals surface area contributed by atoms with Crippen LogP contribution >= 0.6 is 0 Å². The molecule has 0 radical (unpaired) electrons. The minimum Gasteiger partial charge on any atom is -0.478 e. The number of aryl methyl sites for hydroxylation is 1. The minimum atomic E-state index is -1.03. The van der Waals surface area contributed by atoms with E-state index in [9.17, 15) is 14.4 Å². The highest BCUT2D eigenvalue weighted by Crippen LogP contribution is 2.18. The molecule has 2 aromatic carbocycles. The van der Waals surface area contributed by atoms with Gasteiger partial charge in [-0.3, -0.25) is 9.59 Å². The molecule has 1 atom stereocenters. The first kappa shape index (κ1) is 23.7. The number of nitrogens with one attached hydrogen (secondary N) is 2. The monoisotopic (exact) mass is 498 g/mol. The SMILES string of the molecule is Cc1nc2cc(CNC(=O)c3cc(C(=O)N[C@@H](C)c4ccc(C(=O)O)cc4)nc4ccnn34)ccc2o1. The third-order valence-corrected chi connectivity index (χ3v) is 5.84. The van der Waals surface area contributed by atoms with Crippen molar-refractivity contribution in [3.63, 3.8) is 0 Å². The maximum absolute atomic E-state index is 13.1. The highest BCUT2D eigenvalue weighted by atomic mass is 16.4. The van der Waals surface area contributed by atoms with E-state index in [1.807, 2.05) is 12.1 Å². The maximum atomic E-state index is 13.1. The molecule has 2 amide bonds. The van der Waals surface area contributed by atoms with Crippen molar-refractivity contribution < 1.29 is 23.9 Å². The number of aromatic nitrogens is 4. The van der Waals surface area contributed by atoms with Gasteiger partial charge in [0, 0.05) is 25.6 Å². The molecule has 0 aliphatic heterocycles. The summed E-state index contributed by atoms with van der Waals surface area (Å²) in [6.45, 7) is 3.77. The van der Waals surface area contributed by atoms with Gasteiger partial charge in [0.25, 0.3) is 11.8 Å². The molecule has 3 aromatic heterocycles. The zero-order valence-corrected chi connectivity index (χ0v) is 19.9. The molecule has 0 saturated carbocycles. The van der Waals surface area contributed by atoms with Gasteiger partial charge in [0.2, 0.25) is 0 Å². The lowest BCUT2D eigenvalue weighted by Gasteiger charge is -2.15. The Bertz CT molecular complexity index is 1650. The molecular weight excluding hydrogens is 476 g/mol. The van der Waals surface area contributed by atoms with Crippen molar-refractivity contribution in [3.05, 3.63) is 94.8 Å². The number of fused-ring (bicyclic) bond motifs is 2. The number of carboxylic acids is 1. The van der Waals surface area contributed by atoms with E-state index in [0.29, 0.717) is 22.6 Å². The van der Waals surface area contributed by atoms with E-state index in [-0.39, 0.29) is 23.5 Å². The number of amides is 2. The summed E-state index contributed by atoms with van der Waals surface area (Å²) >= 11 is 0. The van der Waals surface area contributed by atoms with Crippen LogP contribution in [0.2, 0.25) is 0 Å². The summed E-state index contributed by atoms with van der Waals surface area (Å²) in [6, 6.07) is 14.3. The highest BCUT2D eigenvalue weighted by Gasteiger charge is 2.19. The fourth-order valence-corrected chi connectivity index (χ4v) is 3.93. The molecule has 5 aromatic rings. The molecule has 11 nitrogen and oxygen atoms in total. The number of hydrogen-bond acceptors (Lipinski definition) is 7. The van der Waals surface area contributed by atoms with Gasteiger partial charge in [0.1, 0.15) is 16.9 Å². The quantitative estimate of drug-likeness (QED) is 0.309. The number of hydrogen-bond donors (Lipinski definition) is 3. The minimum absolute atomic E-state index is 0.0478. The maximum Gasteiger partial charge on any atom is 0.335 e. The standard InChI is InChI=1S/C26H22N6O5/c1-14(17-4-6-18(7-5-17)26(35)36)29-24(33)20-12-21(32-23(31-20)9-10-28-32)25(34)27-13-16-3-8-22-19(11-16)30-15(2)37-22/h3-12,14H,13H2,1-2H3,(H,27,34)(H,29,33)(H,35,36)/t14-/m0/s1. The third kappa shape index (κ3) is 4.87. The fraction of sp³-hybridized carbons (Fsp3) is 0.154. The van der Waals surface area contributed by atoms with E-state index in [2.05, 4.69) is 25.7 Å². The Morgan fingerprint density at radius 2 is 1.81 bits per heavy atom. The van der Waals surface area contributed by atoms with Gasteiger partial charge in [-0.05, 0) is 42.3 Å². The first-order valence-electron chi connectivity index (χ1n) is 11.4. The molecule has 0 spiro atoms. The molecule has 0 fully saturated rings. The smallest absolute Gasteiger partial charge is 0.335 e. The Hall–Kier alpha value is -5.06. The summed E-state index contributed by atoms with van der Waals surface area (Å²) in [4.78, 5) is 45.8. The first-order valence-corrected chi connectivity index (χ1v) is 11.4. The van der Waals surface area contributed by atoms with E-state index >= 15 is 0 Å². The summed E-state index contributed by atoms with van der Waals surface area (Å²) in [5.74, 6) is -1.38. The Balaban J connectivity index is 1.33. The second-order valence-corrected chi connectivity index (χ2v) is 8.47. The van der Waals surface area contributed by atoms with Crippen molar-refractivity contribution in [2.24, 2.45) is 0 Å². The van der Waals surface area contributed by atoms with Crippen molar-refractivity contribution in [2.45, 2.75) is 26.4 Å². The number of carbonyl (C=O) groups is 3. The molecule has 0 unspecified atom stereocenters. The van der Waals surface area contributed by atoms with Crippen LogP contribution in [0.1, 0.15) is 61.3 Å². The van der Waals surface area contributed by atoms with Crippen molar-refractivity contribution in [1.29, 1.82) is 0 Å². The lowest BCUT2D eigenvalue weighted by atomic mass is 10.1. The summed E-state index contributed by atoms with van der Waals surface area (Å²) < 4.78 is 6.85. The number of carbonyl (C=O) groups excluding carboxylic acids is 2. The van der Waals surface area contributed by atoms with Crippen LogP contribution < -0.4 is 10.6 Å². The van der Waals surface area contributed by atoms with E-state index in [4.69, 9.17) is 9.52 Å². The lowest BCUT2D eigenvalue weighted by Crippen LogP contribution is -2.30. The van der Waals surface area contributed by atoms with Gasteiger partial charge >= 0.3 is 5.97 Å². The first-order chi connectivity index (χ1) is 17.8. The third-order valence-electron chi connectivity index (χ3n) is 5.84. The molecule has 0 bridgehead atoms. The number of carboxylic acid groups (broad SMARTS) is 1. The van der Waals surface area contributed by atoms with Crippen LogP contribution in [-0.2, 0) is 6.54 Å². The summed E-state index contributed by atoms with van der Waals surface area (Å²) in [5, 5.41) is 18.9. The van der Waals surface area contributed by atoms with E-state index in [1.54, 1.807) is 38.1 Å². The van der Waals surface area contributed by atoms with Gasteiger partial charge < -0.3 is 20.2 Å². The largest absolute Gasteiger partial charge is 0.478 e. The second kappa shape index (κ2) is 9.53. The van der Waals surface area contributed by atoms with Crippen LogP contribution in [0.15, 0.2) is 65.2 Å². The molecule has 3 heterocycles. The molecule has 186 valence electrons. The van der Waals surface area contributed by atoms with E-state index < -0.39 is 23.8 Å². The lowest BCUT2D eigenvalue weighted by molar-refractivity contribution is 0.0696. The van der Waals surface area contributed by atoms with Gasteiger partial charge in [-0.15, -0.1) is 0 Å². The van der Waals surface area contributed by atoms with Crippen molar-refractivity contribution >= 4 is 34.5 Å². The topological polar surface area (TPSA) is 152 Å². The molecule has 11 heteroatoms. The molecular formula is C26H22N6O5.